The third-order valence-corrected chi connectivity index (χ3v) is 8.53. The average molecular weight is 652 g/mol. The lowest BCUT2D eigenvalue weighted by Crippen LogP contribution is -2.40. The number of benzene rings is 2. The van der Waals surface area contributed by atoms with Crippen molar-refractivity contribution in [1.82, 2.24) is 34.4 Å². The van der Waals surface area contributed by atoms with Gasteiger partial charge in [-0.2, -0.15) is 14.9 Å². The zero-order valence-corrected chi connectivity index (χ0v) is 26.7. The predicted molar refractivity (Wildman–Crippen MR) is 177 cm³/mol. The molecular weight excluding hydrogens is 617 g/mol. The summed E-state index contributed by atoms with van der Waals surface area (Å²) in [5, 5.41) is 23.0. The molecule has 0 radical (unpaired) electrons. The van der Waals surface area contributed by atoms with E-state index in [9.17, 15) is 14.7 Å². The number of rotatable bonds is 6. The molecule has 2 N–H and O–H groups in total. The van der Waals surface area contributed by atoms with Crippen molar-refractivity contribution in [3.8, 4) is 5.69 Å². The van der Waals surface area contributed by atoms with Crippen molar-refractivity contribution in [3.05, 3.63) is 106 Å². The van der Waals surface area contributed by atoms with E-state index in [1.165, 1.54) is 24.8 Å². The number of hydrogen-bond acceptors (Lipinski definition) is 10. The molecule has 0 aliphatic carbocycles. The quantitative estimate of drug-likeness (QED) is 0.279. The van der Waals surface area contributed by atoms with Gasteiger partial charge in [0.2, 0.25) is 0 Å². The van der Waals surface area contributed by atoms with Gasteiger partial charge in [0.15, 0.2) is 5.82 Å². The van der Waals surface area contributed by atoms with Crippen molar-refractivity contribution in [2.45, 2.75) is 39.5 Å². The van der Waals surface area contributed by atoms with Gasteiger partial charge in [0.25, 0.3) is 11.5 Å². The van der Waals surface area contributed by atoms with E-state index in [0.29, 0.717) is 71.5 Å². The van der Waals surface area contributed by atoms with Crippen LogP contribution in [0.5, 0.6) is 0 Å². The van der Waals surface area contributed by atoms with Crippen LogP contribution in [-0.4, -0.2) is 71.7 Å². The van der Waals surface area contributed by atoms with E-state index >= 15 is 4.39 Å². The van der Waals surface area contributed by atoms with Crippen LogP contribution in [0.15, 0.2) is 72.2 Å². The van der Waals surface area contributed by atoms with E-state index in [4.69, 9.17) is 4.74 Å². The third-order valence-electron chi connectivity index (χ3n) is 8.53. The number of ether oxygens (including phenoxy) is 1. The number of nitrogens with one attached hydrogen (secondary N) is 1. The number of morpholine rings is 1. The van der Waals surface area contributed by atoms with Crippen LogP contribution in [0, 0.1) is 5.82 Å². The first-order chi connectivity index (χ1) is 23.1. The van der Waals surface area contributed by atoms with Gasteiger partial charge in [0.1, 0.15) is 30.3 Å². The summed E-state index contributed by atoms with van der Waals surface area (Å²) in [6.45, 7) is 7.84. The second-order valence-corrected chi connectivity index (χ2v) is 12.7. The van der Waals surface area contributed by atoms with Crippen LogP contribution in [-0.2, 0) is 23.4 Å². The Bertz CT molecular complexity index is 2110. The van der Waals surface area contributed by atoms with Gasteiger partial charge in [-0.25, -0.2) is 19.0 Å². The lowest BCUT2D eigenvalue weighted by molar-refractivity contribution is 0.0302. The molecule has 2 aliphatic rings. The van der Waals surface area contributed by atoms with Gasteiger partial charge in [-0.3, -0.25) is 9.59 Å². The number of nitrogens with zero attached hydrogens (tertiary/aromatic N) is 8. The summed E-state index contributed by atoms with van der Waals surface area (Å²) in [7, 11) is 0. The van der Waals surface area contributed by atoms with E-state index in [-0.39, 0.29) is 23.4 Å². The SMILES string of the molecule is CC(C)(C)c1cc(F)c2c(=O)n(-c3cccc(N4C=C(Nc5ccc(C(=O)N6CCOCC6)cn5)c5ncnn5C4)c3CO)ncc2c1. The highest BCUT2D eigenvalue weighted by atomic mass is 19.1. The number of hydrogen-bond donors (Lipinski definition) is 2. The molecule has 2 aliphatic heterocycles. The van der Waals surface area contributed by atoms with Crippen LogP contribution in [0.3, 0.4) is 0 Å². The third kappa shape index (κ3) is 5.69. The molecule has 14 heteroatoms. The summed E-state index contributed by atoms with van der Waals surface area (Å²) < 4.78 is 23.5. The highest BCUT2D eigenvalue weighted by molar-refractivity contribution is 5.94. The van der Waals surface area contributed by atoms with E-state index in [1.54, 1.807) is 52.2 Å². The Balaban J connectivity index is 1.22. The highest BCUT2D eigenvalue weighted by Gasteiger charge is 2.25. The number of aromatic nitrogens is 6. The van der Waals surface area contributed by atoms with Crippen molar-refractivity contribution in [2.75, 3.05) is 36.5 Å². The predicted octanol–water partition coefficient (Wildman–Crippen LogP) is 3.66. The Morgan fingerprint density at radius 3 is 2.56 bits per heavy atom. The van der Waals surface area contributed by atoms with Crippen LogP contribution in [0.1, 0.15) is 48.1 Å². The molecule has 0 atom stereocenters. The minimum Gasteiger partial charge on any atom is -0.392 e. The van der Waals surface area contributed by atoms with Gasteiger partial charge >= 0.3 is 0 Å². The Kier molecular flexibility index (Phi) is 7.97. The van der Waals surface area contributed by atoms with Gasteiger partial charge in [-0.1, -0.05) is 26.8 Å². The second kappa shape index (κ2) is 12.3. The maximum absolute atomic E-state index is 15.4. The fourth-order valence-corrected chi connectivity index (χ4v) is 5.92. The first kappa shape index (κ1) is 31.1. The van der Waals surface area contributed by atoms with E-state index in [0.717, 1.165) is 10.2 Å². The van der Waals surface area contributed by atoms with Crippen molar-refractivity contribution >= 4 is 33.9 Å². The monoisotopic (exact) mass is 651 g/mol. The van der Waals surface area contributed by atoms with Crippen LogP contribution >= 0.6 is 0 Å². The number of aliphatic hydroxyl groups is 1. The number of anilines is 2. The number of carbonyl (C=O) groups excluding carboxylic acids is 1. The van der Waals surface area contributed by atoms with Gasteiger partial charge in [-0.15, -0.1) is 0 Å². The number of aliphatic hydroxyl groups excluding tert-OH is 1. The van der Waals surface area contributed by atoms with Crippen molar-refractivity contribution in [3.63, 3.8) is 0 Å². The smallest absolute Gasteiger partial charge is 0.282 e. The second-order valence-electron chi connectivity index (χ2n) is 12.7. The molecule has 5 heterocycles. The Morgan fingerprint density at radius 2 is 1.83 bits per heavy atom. The molecule has 13 nitrogen and oxygen atoms in total. The van der Waals surface area contributed by atoms with Gasteiger partial charge in [0, 0.05) is 36.4 Å². The van der Waals surface area contributed by atoms with Crippen molar-refractivity contribution in [2.24, 2.45) is 0 Å². The molecule has 246 valence electrons. The molecule has 5 aromatic rings. The summed E-state index contributed by atoms with van der Waals surface area (Å²) in [4.78, 5) is 39.0. The number of halogens is 1. The topological polar surface area (TPSA) is 144 Å². The zero-order chi connectivity index (χ0) is 33.6. The number of fused-ring (bicyclic) bond motifs is 2. The molecule has 0 spiro atoms. The zero-order valence-electron chi connectivity index (χ0n) is 26.7. The highest BCUT2D eigenvalue weighted by Crippen LogP contribution is 2.32. The summed E-state index contributed by atoms with van der Waals surface area (Å²) in [6.07, 6.45) is 6.25. The molecule has 1 amide bonds. The van der Waals surface area contributed by atoms with E-state index in [1.807, 2.05) is 25.7 Å². The number of carbonyl (C=O) groups is 1. The minimum absolute atomic E-state index is 0.0749. The number of pyridine rings is 1. The normalized spacial score (nSPS) is 15.0. The van der Waals surface area contributed by atoms with Crippen molar-refractivity contribution < 1.29 is 19.0 Å². The molecule has 1 fully saturated rings. The maximum Gasteiger partial charge on any atom is 0.282 e. The van der Waals surface area contributed by atoms with Crippen LogP contribution in [0.4, 0.5) is 15.9 Å². The lowest BCUT2D eigenvalue weighted by atomic mass is 9.86. The Hall–Kier alpha value is -5.47. The number of amides is 1. The summed E-state index contributed by atoms with van der Waals surface area (Å²) in [6, 6.07) is 11.8. The fraction of sp³-hybridized carbons (Fsp3) is 0.294. The van der Waals surface area contributed by atoms with Crippen LogP contribution in [0.25, 0.3) is 22.2 Å². The molecule has 48 heavy (non-hydrogen) atoms. The molecule has 1 saturated heterocycles. The minimum atomic E-state index is -0.631. The molecule has 0 saturated carbocycles. The fourth-order valence-electron chi connectivity index (χ4n) is 5.92. The van der Waals surface area contributed by atoms with Gasteiger partial charge in [0.05, 0.1) is 48.3 Å². The first-order valence-electron chi connectivity index (χ1n) is 15.5. The summed E-state index contributed by atoms with van der Waals surface area (Å²) in [5.74, 6) is 0.311. The Labute approximate surface area is 274 Å². The summed E-state index contributed by atoms with van der Waals surface area (Å²) in [5.41, 5.74) is 2.14. The molecule has 3 aromatic heterocycles. The van der Waals surface area contributed by atoms with Crippen molar-refractivity contribution in [1.29, 1.82) is 0 Å². The Morgan fingerprint density at radius 1 is 1.04 bits per heavy atom. The maximum atomic E-state index is 15.4. The van der Waals surface area contributed by atoms with Crippen LogP contribution < -0.4 is 15.8 Å². The lowest BCUT2D eigenvalue weighted by Gasteiger charge is -2.29. The van der Waals surface area contributed by atoms with Gasteiger partial charge in [-0.05, 0) is 47.4 Å². The van der Waals surface area contributed by atoms with Gasteiger partial charge < -0.3 is 25.0 Å². The molecule has 7 rings (SSSR count). The van der Waals surface area contributed by atoms with Crippen LogP contribution in [0.2, 0.25) is 0 Å². The van der Waals surface area contributed by atoms with E-state index in [2.05, 4.69) is 25.5 Å². The standard InChI is InChI=1S/C34H34FN9O4/c1-34(2,3)23-13-22-16-38-44(33(47)30(22)25(35)14-23)28-6-4-5-27(24(28)18-45)42-17-26(31-37-19-39-43(31)20-42)40-29-8-7-21(15-36-29)32(46)41-9-11-48-12-10-41/h4-8,13-17,19,45H,9-12,18,20H2,1-3H3,(H,36,40). The molecule has 0 unspecified atom stereocenters. The van der Waals surface area contributed by atoms with E-state index < -0.39 is 18.0 Å². The molecular formula is C34H34FN9O4. The average Bonchev–Trinajstić information content (AvgIpc) is 3.57. The first-order valence-corrected chi connectivity index (χ1v) is 15.5. The largest absolute Gasteiger partial charge is 0.392 e. The summed E-state index contributed by atoms with van der Waals surface area (Å²) >= 11 is 0. The molecule has 2 aromatic carbocycles. The molecule has 0 bridgehead atoms.